The largest absolute Gasteiger partial charge is 0.383 e. The number of nitrogens with two attached hydrogens (primary N) is 1. The third-order valence-corrected chi connectivity index (χ3v) is 4.85. The van der Waals surface area contributed by atoms with Crippen LogP contribution in [-0.4, -0.2) is 4.98 Å². The third-order valence-electron chi connectivity index (χ3n) is 4.11. The predicted octanol–water partition coefficient (Wildman–Crippen LogP) is 5.79. The minimum Gasteiger partial charge on any atom is -0.383 e. The maximum Gasteiger partial charge on any atom is 0.142 e. The van der Waals surface area contributed by atoms with Crippen molar-refractivity contribution in [1.29, 1.82) is 5.26 Å². The van der Waals surface area contributed by atoms with E-state index < -0.39 is 0 Å². The number of nitrogen functional groups attached to an aromatic ring is 1. The van der Waals surface area contributed by atoms with E-state index in [4.69, 9.17) is 28.9 Å². The van der Waals surface area contributed by atoms with E-state index in [1.54, 1.807) is 12.1 Å². The number of halogens is 2. The van der Waals surface area contributed by atoms with E-state index in [0.717, 1.165) is 33.5 Å². The van der Waals surface area contributed by atoms with Crippen molar-refractivity contribution in [2.45, 2.75) is 13.8 Å². The number of pyridine rings is 1. The van der Waals surface area contributed by atoms with Crippen molar-refractivity contribution >= 4 is 29.0 Å². The number of aryl methyl sites for hydroxylation is 1. The van der Waals surface area contributed by atoms with Crippen molar-refractivity contribution in [1.82, 2.24) is 4.98 Å². The van der Waals surface area contributed by atoms with Gasteiger partial charge in [-0.2, -0.15) is 5.26 Å². The Hall–Kier alpha value is -2.54. The fraction of sp³-hybridized carbons (Fsp3) is 0.100. The van der Waals surface area contributed by atoms with Crippen LogP contribution in [0.3, 0.4) is 0 Å². The molecule has 0 radical (unpaired) electrons. The summed E-state index contributed by atoms with van der Waals surface area (Å²) in [5, 5.41) is 10.5. The zero-order valence-corrected chi connectivity index (χ0v) is 15.3. The lowest BCUT2D eigenvalue weighted by molar-refractivity contribution is 1.26. The van der Waals surface area contributed by atoms with Gasteiger partial charge in [0.1, 0.15) is 17.5 Å². The summed E-state index contributed by atoms with van der Waals surface area (Å²) in [5.41, 5.74) is 11.7. The van der Waals surface area contributed by atoms with Crippen LogP contribution in [0, 0.1) is 25.2 Å². The molecule has 0 amide bonds. The van der Waals surface area contributed by atoms with Gasteiger partial charge < -0.3 is 5.73 Å². The van der Waals surface area contributed by atoms with Gasteiger partial charge in [0.05, 0.1) is 15.7 Å². The van der Waals surface area contributed by atoms with Crippen molar-refractivity contribution in [2.24, 2.45) is 0 Å². The molecule has 2 aromatic carbocycles. The van der Waals surface area contributed by atoms with Crippen molar-refractivity contribution < 1.29 is 0 Å². The SMILES string of the molecule is Cc1ccc(-c2nc(N)c(C#N)c(-c3ccc(Cl)c(Cl)c3)c2C)cc1. The minimum absolute atomic E-state index is 0.199. The van der Waals surface area contributed by atoms with Crippen LogP contribution in [0.15, 0.2) is 42.5 Å². The molecule has 0 bridgehead atoms. The van der Waals surface area contributed by atoms with Gasteiger partial charge in [0.2, 0.25) is 0 Å². The molecule has 0 fully saturated rings. The maximum absolute atomic E-state index is 9.58. The molecule has 1 aromatic heterocycles. The molecule has 25 heavy (non-hydrogen) atoms. The summed E-state index contributed by atoms with van der Waals surface area (Å²) in [5.74, 6) is 0.199. The zero-order chi connectivity index (χ0) is 18.1. The van der Waals surface area contributed by atoms with Crippen molar-refractivity contribution in [3.05, 3.63) is 69.2 Å². The fourth-order valence-corrected chi connectivity index (χ4v) is 3.11. The summed E-state index contributed by atoms with van der Waals surface area (Å²) >= 11 is 12.2. The van der Waals surface area contributed by atoms with Gasteiger partial charge in [-0.1, -0.05) is 59.1 Å². The molecule has 124 valence electrons. The standard InChI is InChI=1S/C20H15Cl2N3/c1-11-3-5-13(6-4-11)19-12(2)18(15(10-23)20(24)25-19)14-7-8-16(21)17(22)9-14/h3-9H,1-2H3,(H2,24,25). The number of rotatable bonds is 2. The van der Waals surface area contributed by atoms with Gasteiger partial charge in [0.25, 0.3) is 0 Å². The summed E-state index contributed by atoms with van der Waals surface area (Å²) < 4.78 is 0. The molecular weight excluding hydrogens is 353 g/mol. The molecule has 3 aromatic rings. The fourth-order valence-electron chi connectivity index (χ4n) is 2.81. The number of benzene rings is 2. The molecule has 0 aliphatic carbocycles. The summed E-state index contributed by atoms with van der Waals surface area (Å²) in [7, 11) is 0. The molecular formula is C20H15Cl2N3. The molecule has 0 saturated carbocycles. The third kappa shape index (κ3) is 3.19. The second-order valence-corrected chi connectivity index (χ2v) is 6.64. The number of nitriles is 1. The Morgan fingerprint density at radius 3 is 2.20 bits per heavy atom. The minimum atomic E-state index is 0.199. The first-order valence-electron chi connectivity index (χ1n) is 7.65. The van der Waals surface area contributed by atoms with Crippen molar-refractivity contribution in [2.75, 3.05) is 5.73 Å². The number of nitrogens with zero attached hydrogens (tertiary/aromatic N) is 2. The monoisotopic (exact) mass is 367 g/mol. The van der Waals surface area contributed by atoms with Crippen molar-refractivity contribution in [3.63, 3.8) is 0 Å². The molecule has 0 aliphatic heterocycles. The van der Waals surface area contributed by atoms with Crippen LogP contribution in [0.4, 0.5) is 5.82 Å². The van der Waals surface area contributed by atoms with Crippen LogP contribution in [0.5, 0.6) is 0 Å². The van der Waals surface area contributed by atoms with Gasteiger partial charge in [0.15, 0.2) is 0 Å². The molecule has 0 saturated heterocycles. The van der Waals surface area contributed by atoms with Crippen LogP contribution >= 0.6 is 23.2 Å². The van der Waals surface area contributed by atoms with Crippen LogP contribution in [0.2, 0.25) is 10.0 Å². The number of aromatic nitrogens is 1. The van der Waals surface area contributed by atoms with E-state index in [2.05, 4.69) is 11.1 Å². The highest BCUT2D eigenvalue weighted by Gasteiger charge is 2.18. The Morgan fingerprint density at radius 1 is 0.960 bits per heavy atom. The Bertz CT molecular complexity index is 1000. The van der Waals surface area contributed by atoms with Gasteiger partial charge in [0, 0.05) is 11.1 Å². The first-order chi connectivity index (χ1) is 11.9. The first kappa shape index (κ1) is 17.3. The predicted molar refractivity (Wildman–Crippen MR) is 104 cm³/mol. The van der Waals surface area contributed by atoms with Crippen molar-refractivity contribution in [3.8, 4) is 28.5 Å². The molecule has 2 N–H and O–H groups in total. The highest BCUT2D eigenvalue weighted by molar-refractivity contribution is 6.42. The first-order valence-corrected chi connectivity index (χ1v) is 8.40. The maximum atomic E-state index is 9.58. The highest BCUT2D eigenvalue weighted by Crippen LogP contribution is 2.37. The lowest BCUT2D eigenvalue weighted by Gasteiger charge is -2.15. The molecule has 0 atom stereocenters. The smallest absolute Gasteiger partial charge is 0.142 e. The average molecular weight is 368 g/mol. The summed E-state index contributed by atoms with van der Waals surface area (Å²) in [6.45, 7) is 3.96. The van der Waals surface area contributed by atoms with E-state index in [0.29, 0.717) is 15.6 Å². The Kier molecular flexibility index (Phi) is 4.67. The second-order valence-electron chi connectivity index (χ2n) is 5.83. The van der Waals surface area contributed by atoms with Gasteiger partial charge in [-0.25, -0.2) is 4.98 Å². The molecule has 3 nitrogen and oxygen atoms in total. The Morgan fingerprint density at radius 2 is 1.60 bits per heavy atom. The molecule has 0 spiro atoms. The molecule has 5 heteroatoms. The second kappa shape index (κ2) is 6.76. The van der Waals surface area contributed by atoms with E-state index in [1.807, 2.05) is 44.2 Å². The molecule has 0 aliphatic rings. The number of hydrogen-bond donors (Lipinski definition) is 1. The Balaban J connectivity index is 2.31. The highest BCUT2D eigenvalue weighted by atomic mass is 35.5. The summed E-state index contributed by atoms with van der Waals surface area (Å²) in [4.78, 5) is 4.47. The van der Waals surface area contributed by atoms with Crippen LogP contribution < -0.4 is 5.73 Å². The van der Waals surface area contributed by atoms with E-state index >= 15 is 0 Å². The lowest BCUT2D eigenvalue weighted by Crippen LogP contribution is -2.03. The Labute approximate surface area is 156 Å². The van der Waals surface area contributed by atoms with Gasteiger partial charge in [-0.15, -0.1) is 0 Å². The zero-order valence-electron chi connectivity index (χ0n) is 13.8. The van der Waals surface area contributed by atoms with Gasteiger partial charge >= 0.3 is 0 Å². The quantitative estimate of drug-likeness (QED) is 0.622. The van der Waals surface area contributed by atoms with Crippen LogP contribution in [0.25, 0.3) is 22.4 Å². The lowest BCUT2D eigenvalue weighted by atomic mass is 9.92. The molecule has 0 unspecified atom stereocenters. The summed E-state index contributed by atoms with van der Waals surface area (Å²) in [6, 6.07) is 15.5. The number of anilines is 1. The van der Waals surface area contributed by atoms with Gasteiger partial charge in [-0.05, 0) is 37.1 Å². The molecule has 3 rings (SSSR count). The van der Waals surface area contributed by atoms with Crippen LogP contribution in [-0.2, 0) is 0 Å². The van der Waals surface area contributed by atoms with Crippen LogP contribution in [0.1, 0.15) is 16.7 Å². The average Bonchev–Trinajstić information content (AvgIpc) is 2.59. The van der Waals surface area contributed by atoms with E-state index in [9.17, 15) is 5.26 Å². The normalized spacial score (nSPS) is 10.5. The molecule has 1 heterocycles. The summed E-state index contributed by atoms with van der Waals surface area (Å²) in [6.07, 6.45) is 0. The number of hydrogen-bond acceptors (Lipinski definition) is 3. The van der Waals surface area contributed by atoms with E-state index in [-0.39, 0.29) is 5.82 Å². The topological polar surface area (TPSA) is 62.7 Å². The van der Waals surface area contributed by atoms with E-state index in [1.165, 1.54) is 0 Å². The van der Waals surface area contributed by atoms with Gasteiger partial charge in [-0.3, -0.25) is 0 Å².